The molecule has 2 N–H and O–H groups in total. The van der Waals surface area contributed by atoms with Crippen molar-refractivity contribution in [3.05, 3.63) is 30.1 Å². The van der Waals surface area contributed by atoms with E-state index in [-0.39, 0.29) is 12.5 Å². The third-order valence-electron chi connectivity index (χ3n) is 4.00. The average Bonchev–Trinajstić information content (AvgIpc) is 2.72. The molecule has 0 radical (unpaired) electrons. The maximum Gasteiger partial charge on any atom is 0.311 e. The third kappa shape index (κ3) is 3.35. The highest BCUT2D eigenvalue weighted by Gasteiger charge is 2.38. The van der Waals surface area contributed by atoms with E-state index < -0.39 is 11.4 Å². The number of nitrogens with one attached hydrogen (secondary N) is 1. The van der Waals surface area contributed by atoms with Gasteiger partial charge in [0, 0.05) is 12.7 Å². The third-order valence-corrected chi connectivity index (χ3v) is 4.00. The second-order valence-electron chi connectivity index (χ2n) is 5.40. The molecule has 0 bridgehead atoms. The van der Waals surface area contributed by atoms with Gasteiger partial charge in [-0.15, -0.1) is 0 Å². The molecule has 1 aromatic heterocycles. The Labute approximate surface area is 118 Å². The zero-order valence-electron chi connectivity index (χ0n) is 11.5. The minimum atomic E-state index is -0.819. The van der Waals surface area contributed by atoms with Gasteiger partial charge in [-0.25, -0.2) is 0 Å². The minimum Gasteiger partial charge on any atom is -0.481 e. The van der Waals surface area contributed by atoms with Crippen LogP contribution in [0.2, 0.25) is 0 Å². The van der Waals surface area contributed by atoms with Crippen LogP contribution in [0, 0.1) is 5.41 Å². The fraction of sp³-hybridized carbons (Fsp3) is 0.533. The highest BCUT2D eigenvalue weighted by Crippen LogP contribution is 2.34. The number of carboxylic acids is 1. The molecule has 20 heavy (non-hydrogen) atoms. The smallest absolute Gasteiger partial charge is 0.311 e. The lowest BCUT2D eigenvalue weighted by molar-refractivity contribution is -0.149. The van der Waals surface area contributed by atoms with Crippen molar-refractivity contribution in [2.45, 2.75) is 38.5 Å². The van der Waals surface area contributed by atoms with Crippen molar-refractivity contribution in [2.24, 2.45) is 5.41 Å². The van der Waals surface area contributed by atoms with Crippen molar-refractivity contribution in [3.63, 3.8) is 0 Å². The average molecular weight is 276 g/mol. The second-order valence-corrected chi connectivity index (χ2v) is 5.40. The molecule has 0 atom stereocenters. The molecule has 1 aliphatic rings. The summed E-state index contributed by atoms with van der Waals surface area (Å²) in [5, 5.41) is 12.3. The first-order chi connectivity index (χ1) is 9.64. The van der Waals surface area contributed by atoms with Gasteiger partial charge in [0.25, 0.3) is 5.91 Å². The van der Waals surface area contributed by atoms with Gasteiger partial charge in [-0.3, -0.25) is 14.6 Å². The molecule has 0 aliphatic heterocycles. The number of carboxylic acid groups (broad SMARTS) is 1. The molecule has 1 aliphatic carbocycles. The highest BCUT2D eigenvalue weighted by molar-refractivity contribution is 5.92. The molecule has 108 valence electrons. The number of aromatic nitrogens is 1. The summed E-state index contributed by atoms with van der Waals surface area (Å²) in [5.74, 6) is -1.11. The highest BCUT2D eigenvalue weighted by atomic mass is 16.4. The Morgan fingerprint density at radius 3 is 2.45 bits per heavy atom. The standard InChI is InChI=1S/C15H20N2O3/c18-13(12-7-3-6-10-16-12)17-11-15(14(19)20)8-4-1-2-5-9-15/h3,6-7,10H,1-2,4-5,8-9,11H2,(H,17,18)(H,19,20). The van der Waals surface area contributed by atoms with Gasteiger partial charge in [0.05, 0.1) is 5.41 Å². The molecule has 0 spiro atoms. The molecule has 0 saturated heterocycles. The maximum atomic E-state index is 12.0. The first-order valence-corrected chi connectivity index (χ1v) is 7.07. The SMILES string of the molecule is O=C(NCC1(C(=O)O)CCCCCC1)c1ccccn1. The van der Waals surface area contributed by atoms with E-state index in [1.807, 2.05) is 0 Å². The summed E-state index contributed by atoms with van der Waals surface area (Å²) < 4.78 is 0. The van der Waals surface area contributed by atoms with Crippen LogP contribution in [-0.2, 0) is 4.79 Å². The number of rotatable bonds is 4. The first-order valence-electron chi connectivity index (χ1n) is 7.07. The molecule has 0 unspecified atom stereocenters. The Bertz CT molecular complexity index is 465. The summed E-state index contributed by atoms with van der Waals surface area (Å²) in [5.41, 5.74) is -0.498. The number of amides is 1. The molecule has 1 saturated carbocycles. The van der Waals surface area contributed by atoms with Gasteiger partial charge in [0.1, 0.15) is 5.69 Å². The molecule has 1 aromatic rings. The maximum absolute atomic E-state index is 12.0. The summed E-state index contributed by atoms with van der Waals surface area (Å²) >= 11 is 0. The summed E-state index contributed by atoms with van der Waals surface area (Å²) in [7, 11) is 0. The van der Waals surface area contributed by atoms with Gasteiger partial charge >= 0.3 is 5.97 Å². The van der Waals surface area contributed by atoms with Crippen LogP contribution < -0.4 is 5.32 Å². The number of nitrogens with zero attached hydrogens (tertiary/aromatic N) is 1. The van der Waals surface area contributed by atoms with Crippen LogP contribution in [0.1, 0.15) is 49.0 Å². The quantitative estimate of drug-likeness (QED) is 0.826. The van der Waals surface area contributed by atoms with Gasteiger partial charge in [-0.05, 0) is 25.0 Å². The van der Waals surface area contributed by atoms with E-state index in [4.69, 9.17) is 0 Å². The fourth-order valence-corrected chi connectivity index (χ4v) is 2.71. The van der Waals surface area contributed by atoms with E-state index in [0.29, 0.717) is 18.5 Å². The number of aliphatic carboxylic acids is 1. The Morgan fingerprint density at radius 1 is 1.20 bits per heavy atom. The first kappa shape index (κ1) is 14.5. The van der Waals surface area contributed by atoms with Gasteiger partial charge < -0.3 is 10.4 Å². The van der Waals surface area contributed by atoms with E-state index in [0.717, 1.165) is 25.7 Å². The molecule has 5 nitrogen and oxygen atoms in total. The van der Waals surface area contributed by atoms with E-state index in [2.05, 4.69) is 10.3 Å². The lowest BCUT2D eigenvalue weighted by Crippen LogP contribution is -2.43. The van der Waals surface area contributed by atoms with Crippen molar-refractivity contribution >= 4 is 11.9 Å². The van der Waals surface area contributed by atoms with Crippen LogP contribution in [-0.4, -0.2) is 28.5 Å². The summed E-state index contributed by atoms with van der Waals surface area (Å²) in [6.45, 7) is 0.178. The summed E-state index contributed by atoms with van der Waals surface area (Å²) in [6.07, 6.45) is 6.77. The molecular formula is C15H20N2O3. The van der Waals surface area contributed by atoms with Crippen LogP contribution >= 0.6 is 0 Å². The van der Waals surface area contributed by atoms with Crippen molar-refractivity contribution in [3.8, 4) is 0 Å². The molecule has 2 rings (SSSR count). The zero-order chi connectivity index (χ0) is 14.4. The van der Waals surface area contributed by atoms with Crippen LogP contribution in [0.4, 0.5) is 0 Å². The normalized spacial score (nSPS) is 18.0. The topological polar surface area (TPSA) is 79.3 Å². The van der Waals surface area contributed by atoms with E-state index in [1.165, 1.54) is 0 Å². The zero-order valence-corrected chi connectivity index (χ0v) is 11.5. The molecular weight excluding hydrogens is 256 g/mol. The van der Waals surface area contributed by atoms with Gasteiger partial charge in [0.2, 0.25) is 0 Å². The lowest BCUT2D eigenvalue weighted by atomic mass is 9.80. The lowest BCUT2D eigenvalue weighted by Gasteiger charge is -2.28. The van der Waals surface area contributed by atoms with E-state index in [1.54, 1.807) is 24.4 Å². The van der Waals surface area contributed by atoms with Gasteiger partial charge in [0.15, 0.2) is 0 Å². The second kappa shape index (κ2) is 6.50. The van der Waals surface area contributed by atoms with Crippen molar-refractivity contribution in [2.75, 3.05) is 6.54 Å². The van der Waals surface area contributed by atoms with E-state index in [9.17, 15) is 14.7 Å². The predicted molar refractivity (Wildman–Crippen MR) is 74.3 cm³/mol. The minimum absolute atomic E-state index is 0.178. The Morgan fingerprint density at radius 2 is 1.90 bits per heavy atom. The van der Waals surface area contributed by atoms with Crippen LogP contribution in [0.3, 0.4) is 0 Å². The number of hydrogen-bond donors (Lipinski definition) is 2. The van der Waals surface area contributed by atoms with Gasteiger partial charge in [-0.2, -0.15) is 0 Å². The van der Waals surface area contributed by atoms with Crippen LogP contribution in [0.5, 0.6) is 0 Å². The molecule has 1 amide bonds. The number of carbonyl (C=O) groups excluding carboxylic acids is 1. The molecule has 1 fully saturated rings. The fourth-order valence-electron chi connectivity index (χ4n) is 2.71. The number of pyridine rings is 1. The van der Waals surface area contributed by atoms with Crippen molar-refractivity contribution in [1.29, 1.82) is 0 Å². The predicted octanol–water partition coefficient (Wildman–Crippen LogP) is 2.24. The van der Waals surface area contributed by atoms with E-state index >= 15 is 0 Å². The van der Waals surface area contributed by atoms with Crippen LogP contribution in [0.25, 0.3) is 0 Å². The number of hydrogen-bond acceptors (Lipinski definition) is 3. The van der Waals surface area contributed by atoms with Crippen molar-refractivity contribution in [1.82, 2.24) is 10.3 Å². The Hall–Kier alpha value is -1.91. The Kier molecular flexibility index (Phi) is 4.71. The molecule has 5 heteroatoms. The van der Waals surface area contributed by atoms with Crippen molar-refractivity contribution < 1.29 is 14.7 Å². The molecule has 0 aromatic carbocycles. The molecule has 1 heterocycles. The summed E-state index contributed by atoms with van der Waals surface area (Å²) in [4.78, 5) is 27.6. The number of carbonyl (C=O) groups is 2. The van der Waals surface area contributed by atoms with Crippen LogP contribution in [0.15, 0.2) is 24.4 Å². The summed E-state index contributed by atoms with van der Waals surface area (Å²) in [6, 6.07) is 5.09. The Balaban J connectivity index is 2.02. The van der Waals surface area contributed by atoms with Gasteiger partial charge in [-0.1, -0.05) is 31.7 Å². The largest absolute Gasteiger partial charge is 0.481 e. The monoisotopic (exact) mass is 276 g/mol.